The quantitative estimate of drug-likeness (QED) is 0.763. The highest BCUT2D eigenvalue weighted by Gasteiger charge is 2.18. The van der Waals surface area contributed by atoms with Crippen LogP contribution in [-0.4, -0.2) is 14.2 Å². The molecule has 0 N–H and O–H groups in total. The highest BCUT2D eigenvalue weighted by Crippen LogP contribution is 2.37. The van der Waals surface area contributed by atoms with E-state index in [1.54, 1.807) is 18.2 Å². The number of ether oxygens (including phenoxy) is 2. The number of halogens is 3. The highest BCUT2D eigenvalue weighted by atomic mass is 79.9. The number of hydrogen-bond donors (Lipinski definition) is 0. The minimum absolute atomic E-state index is 0.234. The molecule has 0 aliphatic heterocycles. The lowest BCUT2D eigenvalue weighted by atomic mass is 10.0. The Hall–Kier alpha value is -1.62. The van der Waals surface area contributed by atoms with E-state index < -0.39 is 16.5 Å². The van der Waals surface area contributed by atoms with Crippen molar-refractivity contribution < 1.29 is 18.3 Å². The Kier molecular flexibility index (Phi) is 4.60. The first-order chi connectivity index (χ1) is 9.58. The maximum atomic E-state index is 13.8. The van der Waals surface area contributed by atoms with Crippen molar-refractivity contribution in [2.75, 3.05) is 14.2 Å². The first-order valence-corrected chi connectivity index (χ1v) is 6.80. The van der Waals surface area contributed by atoms with E-state index in [0.717, 1.165) is 11.6 Å². The summed E-state index contributed by atoms with van der Waals surface area (Å²) in [6, 6.07) is 9.32. The van der Waals surface area contributed by atoms with Gasteiger partial charge >= 0.3 is 0 Å². The van der Waals surface area contributed by atoms with Crippen molar-refractivity contribution in [2.45, 2.75) is 4.83 Å². The lowest BCUT2D eigenvalue weighted by molar-refractivity contribution is 0.354. The molecule has 1 atom stereocenters. The first-order valence-electron chi connectivity index (χ1n) is 5.88. The molecule has 0 amide bonds. The fourth-order valence-corrected chi connectivity index (χ4v) is 2.54. The maximum absolute atomic E-state index is 13.8. The van der Waals surface area contributed by atoms with Gasteiger partial charge in [0.25, 0.3) is 0 Å². The summed E-state index contributed by atoms with van der Waals surface area (Å²) in [5, 5.41) is 0. The molecule has 0 heterocycles. The average Bonchev–Trinajstić information content (AvgIpc) is 2.48. The van der Waals surface area contributed by atoms with Gasteiger partial charge in [-0.25, -0.2) is 8.78 Å². The lowest BCUT2D eigenvalue weighted by Gasteiger charge is -2.15. The SMILES string of the molecule is COc1ccc(C(Br)c2cccc(F)c2F)cc1OC. The molecular formula is C15H13BrF2O2. The van der Waals surface area contributed by atoms with Crippen molar-refractivity contribution >= 4 is 15.9 Å². The lowest BCUT2D eigenvalue weighted by Crippen LogP contribution is -2.00. The molecule has 2 aromatic carbocycles. The van der Waals surface area contributed by atoms with E-state index >= 15 is 0 Å². The summed E-state index contributed by atoms with van der Waals surface area (Å²) in [4.78, 5) is -0.474. The molecule has 0 spiro atoms. The third-order valence-electron chi connectivity index (χ3n) is 2.95. The van der Waals surface area contributed by atoms with Gasteiger partial charge < -0.3 is 9.47 Å². The van der Waals surface area contributed by atoms with Crippen LogP contribution in [0.15, 0.2) is 36.4 Å². The predicted octanol–water partition coefficient (Wildman–Crippen LogP) is 4.47. The van der Waals surface area contributed by atoms with E-state index in [2.05, 4.69) is 15.9 Å². The van der Waals surface area contributed by atoms with Crippen molar-refractivity contribution in [3.05, 3.63) is 59.2 Å². The maximum Gasteiger partial charge on any atom is 0.163 e. The molecule has 0 saturated heterocycles. The minimum atomic E-state index is -0.868. The van der Waals surface area contributed by atoms with Gasteiger partial charge in [0.2, 0.25) is 0 Å². The summed E-state index contributed by atoms with van der Waals surface area (Å²) in [6.07, 6.45) is 0. The van der Waals surface area contributed by atoms with Crippen LogP contribution in [0.4, 0.5) is 8.78 Å². The summed E-state index contributed by atoms with van der Waals surface area (Å²) in [5.41, 5.74) is 0.976. The third-order valence-corrected chi connectivity index (χ3v) is 3.98. The summed E-state index contributed by atoms with van der Waals surface area (Å²) in [6.45, 7) is 0. The van der Waals surface area contributed by atoms with Crippen LogP contribution in [0.2, 0.25) is 0 Å². The number of methoxy groups -OCH3 is 2. The Morgan fingerprint density at radius 2 is 1.70 bits per heavy atom. The molecule has 0 aromatic heterocycles. The van der Waals surface area contributed by atoms with Gasteiger partial charge in [-0.1, -0.05) is 34.1 Å². The molecule has 2 nitrogen and oxygen atoms in total. The molecule has 0 bridgehead atoms. The van der Waals surface area contributed by atoms with Crippen molar-refractivity contribution in [2.24, 2.45) is 0 Å². The van der Waals surface area contributed by atoms with E-state index in [0.29, 0.717) is 11.5 Å². The van der Waals surface area contributed by atoms with Crippen LogP contribution in [0, 0.1) is 11.6 Å². The van der Waals surface area contributed by atoms with Crippen molar-refractivity contribution in [3.8, 4) is 11.5 Å². The smallest absolute Gasteiger partial charge is 0.163 e. The number of alkyl halides is 1. The van der Waals surface area contributed by atoms with Crippen LogP contribution in [0.5, 0.6) is 11.5 Å². The second kappa shape index (κ2) is 6.22. The van der Waals surface area contributed by atoms with E-state index in [-0.39, 0.29) is 5.56 Å². The van der Waals surface area contributed by atoms with Crippen LogP contribution in [0.3, 0.4) is 0 Å². The van der Waals surface area contributed by atoms with Gasteiger partial charge in [0, 0.05) is 5.56 Å². The number of hydrogen-bond acceptors (Lipinski definition) is 2. The average molecular weight is 343 g/mol. The Bertz CT molecular complexity index is 617. The number of rotatable bonds is 4. The summed E-state index contributed by atoms with van der Waals surface area (Å²) < 4.78 is 37.4. The third kappa shape index (κ3) is 2.77. The molecule has 106 valence electrons. The van der Waals surface area contributed by atoms with E-state index in [1.807, 2.05) is 0 Å². The number of benzene rings is 2. The van der Waals surface area contributed by atoms with Gasteiger partial charge in [-0.15, -0.1) is 0 Å². The van der Waals surface area contributed by atoms with Gasteiger partial charge in [-0.05, 0) is 23.8 Å². The fraction of sp³-hybridized carbons (Fsp3) is 0.200. The van der Waals surface area contributed by atoms with E-state index in [9.17, 15) is 8.78 Å². The predicted molar refractivity (Wildman–Crippen MR) is 76.7 cm³/mol. The molecule has 0 aliphatic carbocycles. The Morgan fingerprint density at radius 1 is 1.00 bits per heavy atom. The molecule has 1 unspecified atom stereocenters. The zero-order valence-electron chi connectivity index (χ0n) is 11.0. The van der Waals surface area contributed by atoms with Crippen LogP contribution >= 0.6 is 15.9 Å². The van der Waals surface area contributed by atoms with Gasteiger partial charge in [0.15, 0.2) is 23.1 Å². The molecular weight excluding hydrogens is 330 g/mol. The summed E-state index contributed by atoms with van der Waals surface area (Å²) >= 11 is 3.39. The van der Waals surface area contributed by atoms with Crippen LogP contribution in [0.25, 0.3) is 0 Å². The molecule has 2 rings (SSSR count). The zero-order valence-corrected chi connectivity index (χ0v) is 12.6. The van der Waals surface area contributed by atoms with Crippen LogP contribution < -0.4 is 9.47 Å². The molecule has 5 heteroatoms. The topological polar surface area (TPSA) is 18.5 Å². The minimum Gasteiger partial charge on any atom is -0.493 e. The van der Waals surface area contributed by atoms with Gasteiger partial charge in [0.05, 0.1) is 19.0 Å². The van der Waals surface area contributed by atoms with Gasteiger partial charge in [-0.3, -0.25) is 0 Å². The van der Waals surface area contributed by atoms with Crippen molar-refractivity contribution in [3.63, 3.8) is 0 Å². The Labute approximate surface area is 124 Å². The van der Waals surface area contributed by atoms with Crippen LogP contribution in [-0.2, 0) is 0 Å². The van der Waals surface area contributed by atoms with E-state index in [4.69, 9.17) is 9.47 Å². The Balaban J connectivity index is 2.43. The summed E-state index contributed by atoms with van der Waals surface area (Å²) in [7, 11) is 3.06. The molecule has 0 aliphatic rings. The monoisotopic (exact) mass is 342 g/mol. The van der Waals surface area contributed by atoms with Crippen LogP contribution in [0.1, 0.15) is 16.0 Å². The molecule has 0 fully saturated rings. The normalized spacial score (nSPS) is 12.1. The summed E-state index contributed by atoms with van der Waals surface area (Å²) in [5.74, 6) is -0.612. The molecule has 20 heavy (non-hydrogen) atoms. The first kappa shape index (κ1) is 14.8. The fourth-order valence-electron chi connectivity index (χ4n) is 1.91. The van der Waals surface area contributed by atoms with Crippen molar-refractivity contribution in [1.29, 1.82) is 0 Å². The highest BCUT2D eigenvalue weighted by molar-refractivity contribution is 9.09. The largest absolute Gasteiger partial charge is 0.493 e. The Morgan fingerprint density at radius 3 is 2.35 bits per heavy atom. The standard InChI is InChI=1S/C15H13BrF2O2/c1-19-12-7-6-9(8-13(12)20-2)14(16)10-4-3-5-11(17)15(10)18/h3-8,14H,1-2H3. The molecule has 0 radical (unpaired) electrons. The zero-order chi connectivity index (χ0) is 14.7. The van der Waals surface area contributed by atoms with Crippen molar-refractivity contribution in [1.82, 2.24) is 0 Å². The van der Waals surface area contributed by atoms with Gasteiger partial charge in [0.1, 0.15) is 0 Å². The second-order valence-corrected chi connectivity index (χ2v) is 5.04. The molecule has 0 saturated carbocycles. The van der Waals surface area contributed by atoms with E-state index in [1.165, 1.54) is 26.4 Å². The molecule has 2 aromatic rings. The second-order valence-electron chi connectivity index (χ2n) is 4.12. The van der Waals surface area contributed by atoms with Gasteiger partial charge in [-0.2, -0.15) is 0 Å².